The summed E-state index contributed by atoms with van der Waals surface area (Å²) >= 11 is 0. The van der Waals surface area contributed by atoms with Crippen LogP contribution in [0.25, 0.3) is 0 Å². The molecule has 0 spiro atoms. The number of hydrogen-bond acceptors (Lipinski definition) is 15. The van der Waals surface area contributed by atoms with Crippen molar-refractivity contribution in [3.05, 3.63) is 0 Å². The molecule has 0 fully saturated rings. The summed E-state index contributed by atoms with van der Waals surface area (Å²) in [6.07, 6.45) is 40.5. The third-order valence-corrected chi connectivity index (χ3v) is 17.6. The van der Waals surface area contributed by atoms with E-state index in [-0.39, 0.29) is 25.7 Å². The highest BCUT2D eigenvalue weighted by atomic mass is 31.2. The van der Waals surface area contributed by atoms with Crippen LogP contribution in [-0.2, 0) is 65.4 Å². The van der Waals surface area contributed by atoms with Gasteiger partial charge in [0.15, 0.2) is 12.2 Å². The minimum Gasteiger partial charge on any atom is -0.462 e. The number of aliphatic hydroxyl groups is 1. The zero-order chi connectivity index (χ0) is 63.8. The van der Waals surface area contributed by atoms with Crippen LogP contribution in [0.4, 0.5) is 0 Å². The van der Waals surface area contributed by atoms with E-state index in [1.165, 1.54) is 128 Å². The quantitative estimate of drug-likeness (QED) is 0.0222. The van der Waals surface area contributed by atoms with Crippen LogP contribution in [0, 0.1) is 17.8 Å². The van der Waals surface area contributed by atoms with Gasteiger partial charge >= 0.3 is 39.5 Å². The molecule has 19 heteroatoms. The number of aliphatic hydroxyl groups excluding tert-OH is 1. The minimum atomic E-state index is -4.95. The Labute approximate surface area is 524 Å². The van der Waals surface area contributed by atoms with Gasteiger partial charge in [-0.1, -0.05) is 280 Å². The van der Waals surface area contributed by atoms with Crippen molar-refractivity contribution in [3.63, 3.8) is 0 Å². The van der Waals surface area contributed by atoms with Crippen LogP contribution in [0.1, 0.15) is 331 Å². The first-order valence-corrected chi connectivity index (χ1v) is 37.9. The average Bonchev–Trinajstić information content (AvgIpc) is 3.49. The van der Waals surface area contributed by atoms with Gasteiger partial charge in [-0.2, -0.15) is 0 Å². The summed E-state index contributed by atoms with van der Waals surface area (Å²) in [4.78, 5) is 72.2. The van der Waals surface area contributed by atoms with Gasteiger partial charge in [-0.3, -0.25) is 37.3 Å². The fourth-order valence-corrected chi connectivity index (χ4v) is 11.6. The number of ether oxygens (including phenoxy) is 4. The number of unbranched alkanes of at least 4 members (excludes halogenated alkanes) is 32. The van der Waals surface area contributed by atoms with Crippen molar-refractivity contribution in [1.29, 1.82) is 0 Å². The van der Waals surface area contributed by atoms with E-state index in [2.05, 4.69) is 48.5 Å². The fourth-order valence-electron chi connectivity index (χ4n) is 9.98. The van der Waals surface area contributed by atoms with Gasteiger partial charge in [-0.15, -0.1) is 0 Å². The van der Waals surface area contributed by atoms with Crippen molar-refractivity contribution < 1.29 is 80.2 Å². The van der Waals surface area contributed by atoms with Crippen molar-refractivity contribution in [2.75, 3.05) is 39.6 Å². The van der Waals surface area contributed by atoms with Gasteiger partial charge in [0.1, 0.15) is 19.3 Å². The Morgan fingerprint density at radius 1 is 0.337 bits per heavy atom. The zero-order valence-electron chi connectivity index (χ0n) is 55.8. The molecule has 6 atom stereocenters. The van der Waals surface area contributed by atoms with Crippen LogP contribution in [0.3, 0.4) is 0 Å². The molecule has 0 aliphatic carbocycles. The van der Waals surface area contributed by atoms with E-state index in [9.17, 15) is 43.2 Å². The lowest BCUT2D eigenvalue weighted by Gasteiger charge is -2.21. The van der Waals surface area contributed by atoms with Crippen LogP contribution < -0.4 is 0 Å². The maximum Gasteiger partial charge on any atom is 0.472 e. The van der Waals surface area contributed by atoms with E-state index < -0.39 is 97.5 Å². The largest absolute Gasteiger partial charge is 0.472 e. The molecule has 0 rings (SSSR count). The van der Waals surface area contributed by atoms with Crippen molar-refractivity contribution in [2.24, 2.45) is 17.8 Å². The highest BCUT2D eigenvalue weighted by molar-refractivity contribution is 7.47. The Balaban J connectivity index is 5.21. The van der Waals surface area contributed by atoms with Gasteiger partial charge in [0.05, 0.1) is 26.4 Å². The molecule has 0 saturated carbocycles. The molecule has 86 heavy (non-hydrogen) atoms. The van der Waals surface area contributed by atoms with Crippen molar-refractivity contribution in [3.8, 4) is 0 Å². The van der Waals surface area contributed by atoms with E-state index in [1.54, 1.807) is 0 Å². The summed E-state index contributed by atoms with van der Waals surface area (Å²) in [5.74, 6) is 0.127. The van der Waals surface area contributed by atoms with Crippen LogP contribution >= 0.6 is 15.6 Å². The first kappa shape index (κ1) is 84.1. The normalized spacial score (nSPS) is 14.6. The third-order valence-electron chi connectivity index (χ3n) is 15.7. The van der Waals surface area contributed by atoms with Crippen LogP contribution in [0.15, 0.2) is 0 Å². The Morgan fingerprint density at radius 2 is 0.593 bits per heavy atom. The number of esters is 4. The van der Waals surface area contributed by atoms with Crippen LogP contribution in [0.2, 0.25) is 0 Å². The van der Waals surface area contributed by atoms with E-state index >= 15 is 0 Å². The van der Waals surface area contributed by atoms with Gasteiger partial charge in [0.25, 0.3) is 0 Å². The minimum absolute atomic E-state index is 0.101. The lowest BCUT2D eigenvalue weighted by molar-refractivity contribution is -0.161. The summed E-state index contributed by atoms with van der Waals surface area (Å²) in [5.41, 5.74) is 0. The lowest BCUT2D eigenvalue weighted by atomic mass is 9.99. The second kappa shape index (κ2) is 58.2. The molecule has 0 saturated heterocycles. The molecule has 510 valence electrons. The molecule has 0 heterocycles. The number of hydrogen-bond donors (Lipinski definition) is 3. The molecule has 17 nitrogen and oxygen atoms in total. The molecular formula is C67H130O17P2. The smallest absolute Gasteiger partial charge is 0.462 e. The Kier molecular flexibility index (Phi) is 56.9. The van der Waals surface area contributed by atoms with Crippen molar-refractivity contribution >= 4 is 39.5 Å². The van der Waals surface area contributed by atoms with Gasteiger partial charge in [0.2, 0.25) is 0 Å². The van der Waals surface area contributed by atoms with E-state index in [1.807, 2.05) is 0 Å². The molecule has 0 aromatic heterocycles. The number of carbonyl (C=O) groups excluding carboxylic acids is 4. The number of carbonyl (C=O) groups is 4. The Bertz CT molecular complexity index is 1700. The summed E-state index contributed by atoms with van der Waals surface area (Å²) in [5, 5.41) is 10.5. The van der Waals surface area contributed by atoms with Crippen LogP contribution in [-0.4, -0.2) is 96.7 Å². The second-order valence-electron chi connectivity index (χ2n) is 25.4. The Morgan fingerprint density at radius 3 is 0.884 bits per heavy atom. The summed E-state index contributed by atoms with van der Waals surface area (Å²) < 4.78 is 68.0. The molecule has 3 unspecified atom stereocenters. The topological polar surface area (TPSA) is 237 Å². The van der Waals surface area contributed by atoms with E-state index in [4.69, 9.17) is 37.0 Å². The van der Waals surface area contributed by atoms with Gasteiger partial charge in [-0.05, 0) is 43.4 Å². The monoisotopic (exact) mass is 1270 g/mol. The molecule has 0 amide bonds. The number of rotatable bonds is 65. The second-order valence-corrected chi connectivity index (χ2v) is 28.3. The lowest BCUT2D eigenvalue weighted by Crippen LogP contribution is -2.30. The van der Waals surface area contributed by atoms with Gasteiger partial charge in [0, 0.05) is 25.7 Å². The summed E-state index contributed by atoms with van der Waals surface area (Å²) in [6, 6.07) is 0. The highest BCUT2D eigenvalue weighted by Crippen LogP contribution is 2.45. The molecule has 3 N–H and O–H groups in total. The van der Waals surface area contributed by atoms with Crippen molar-refractivity contribution in [2.45, 2.75) is 349 Å². The van der Waals surface area contributed by atoms with Gasteiger partial charge < -0.3 is 33.8 Å². The van der Waals surface area contributed by atoms with Crippen LogP contribution in [0.5, 0.6) is 0 Å². The summed E-state index contributed by atoms with van der Waals surface area (Å²) in [6.45, 7) is 11.7. The van der Waals surface area contributed by atoms with E-state index in [0.717, 1.165) is 115 Å². The first-order chi connectivity index (χ1) is 41.3. The molecule has 0 bridgehead atoms. The summed E-state index contributed by atoms with van der Waals surface area (Å²) in [7, 11) is -9.89. The third kappa shape index (κ3) is 59.7. The standard InChI is InChI=1S/C67H130O17P2/c1-8-10-11-12-24-34-41-48-64(69)77-54-63(84-67(72)51-44-37-30-29-32-39-46-59(5)6)57-82-86(75,76)80-53-61(68)52-79-85(73,74)81-56-62(55-78-65(70)49-42-35-27-22-19-18-21-26-33-40-47-60(7)9-2)83-66(71)50-43-36-28-23-17-15-13-14-16-20-25-31-38-45-58(3)4/h58-63,68H,8-57H2,1-7H3,(H,73,74)(H,75,76)/t60?,61-,62-,63-/m1/s1. The molecule has 0 aromatic rings. The average molecular weight is 1270 g/mol. The molecule has 0 aromatic carbocycles. The van der Waals surface area contributed by atoms with Gasteiger partial charge in [-0.25, -0.2) is 9.13 Å². The first-order valence-electron chi connectivity index (χ1n) is 34.9. The highest BCUT2D eigenvalue weighted by Gasteiger charge is 2.30. The molecule has 0 aliphatic heterocycles. The number of phosphoric ester groups is 2. The van der Waals surface area contributed by atoms with E-state index in [0.29, 0.717) is 31.6 Å². The maximum absolute atomic E-state index is 13.0. The predicted octanol–water partition coefficient (Wildman–Crippen LogP) is 18.7. The molecule has 0 aliphatic rings. The molecule has 0 radical (unpaired) electrons. The number of phosphoric acid groups is 2. The predicted molar refractivity (Wildman–Crippen MR) is 344 cm³/mol. The maximum atomic E-state index is 13.0. The fraction of sp³-hybridized carbons (Fsp3) is 0.940. The zero-order valence-corrected chi connectivity index (χ0v) is 57.6. The Hall–Kier alpha value is -1.94. The SMILES string of the molecule is CCCCCCCCCC(=O)OC[C@H](COP(=O)(O)OC[C@H](O)COP(=O)(O)OC[C@@H](COC(=O)CCCCCCCCCCCCC(C)CC)OC(=O)CCCCCCCCCCCCCCCC(C)C)OC(=O)CCCCCCCCC(C)C. The van der Waals surface area contributed by atoms with Crippen molar-refractivity contribution in [1.82, 2.24) is 0 Å². The molecular weight excluding hydrogens is 1140 g/mol.